The van der Waals surface area contributed by atoms with Gasteiger partial charge in [0.15, 0.2) is 0 Å². The number of nitrogens with zero attached hydrogens (tertiary/aromatic N) is 1. The van der Waals surface area contributed by atoms with Crippen molar-refractivity contribution in [1.29, 1.82) is 0 Å². The van der Waals surface area contributed by atoms with Gasteiger partial charge in [-0.2, -0.15) is 0 Å². The highest BCUT2D eigenvalue weighted by Crippen LogP contribution is 2.21. The molecular formula is C11H22N2. The van der Waals surface area contributed by atoms with E-state index in [4.69, 9.17) is 0 Å². The van der Waals surface area contributed by atoms with Crippen molar-refractivity contribution in [1.82, 2.24) is 10.2 Å². The van der Waals surface area contributed by atoms with E-state index in [1.54, 1.807) is 0 Å². The lowest BCUT2D eigenvalue weighted by Crippen LogP contribution is -2.45. The van der Waals surface area contributed by atoms with Crippen LogP contribution in [0.5, 0.6) is 0 Å². The molecule has 0 aliphatic carbocycles. The van der Waals surface area contributed by atoms with Crippen molar-refractivity contribution in [2.45, 2.75) is 51.1 Å². The van der Waals surface area contributed by atoms with Crippen LogP contribution in [-0.4, -0.2) is 36.6 Å². The van der Waals surface area contributed by atoms with Gasteiger partial charge in [-0.1, -0.05) is 13.3 Å². The van der Waals surface area contributed by atoms with Crippen LogP contribution < -0.4 is 5.32 Å². The molecule has 1 N–H and O–H groups in total. The Morgan fingerprint density at radius 1 is 1.23 bits per heavy atom. The molecule has 0 aromatic heterocycles. The third-order valence-corrected chi connectivity index (χ3v) is 3.61. The topological polar surface area (TPSA) is 15.3 Å². The lowest BCUT2D eigenvalue weighted by molar-refractivity contribution is 0.149. The molecular weight excluding hydrogens is 160 g/mol. The van der Waals surface area contributed by atoms with E-state index in [0.29, 0.717) is 0 Å². The summed E-state index contributed by atoms with van der Waals surface area (Å²) in [5.41, 5.74) is 0. The molecule has 2 heterocycles. The van der Waals surface area contributed by atoms with Gasteiger partial charge in [-0.05, 0) is 45.3 Å². The van der Waals surface area contributed by atoms with Crippen LogP contribution in [0.4, 0.5) is 0 Å². The quantitative estimate of drug-likeness (QED) is 0.698. The molecule has 13 heavy (non-hydrogen) atoms. The third-order valence-electron chi connectivity index (χ3n) is 3.61. The van der Waals surface area contributed by atoms with Crippen molar-refractivity contribution in [3.05, 3.63) is 0 Å². The van der Waals surface area contributed by atoms with Gasteiger partial charge in [-0.25, -0.2) is 0 Å². The molecule has 0 bridgehead atoms. The zero-order valence-electron chi connectivity index (χ0n) is 8.76. The minimum atomic E-state index is 0.776. The summed E-state index contributed by atoms with van der Waals surface area (Å²) in [6, 6.07) is 1.63. The van der Waals surface area contributed by atoms with Crippen LogP contribution in [-0.2, 0) is 0 Å². The van der Waals surface area contributed by atoms with Crippen molar-refractivity contribution < 1.29 is 0 Å². The second kappa shape index (κ2) is 4.43. The van der Waals surface area contributed by atoms with E-state index in [1.165, 1.54) is 51.7 Å². The molecule has 0 unspecified atom stereocenters. The van der Waals surface area contributed by atoms with E-state index in [2.05, 4.69) is 17.1 Å². The van der Waals surface area contributed by atoms with E-state index in [-0.39, 0.29) is 0 Å². The summed E-state index contributed by atoms with van der Waals surface area (Å²) in [5, 5.41) is 3.61. The van der Waals surface area contributed by atoms with Gasteiger partial charge in [0.25, 0.3) is 0 Å². The van der Waals surface area contributed by atoms with Crippen LogP contribution in [0.3, 0.4) is 0 Å². The minimum absolute atomic E-state index is 0.776. The Hall–Kier alpha value is -0.0800. The van der Waals surface area contributed by atoms with E-state index < -0.39 is 0 Å². The van der Waals surface area contributed by atoms with Gasteiger partial charge in [0.2, 0.25) is 0 Å². The molecule has 2 atom stereocenters. The molecule has 2 fully saturated rings. The van der Waals surface area contributed by atoms with Crippen molar-refractivity contribution >= 4 is 0 Å². The van der Waals surface area contributed by atoms with Crippen LogP contribution in [0.25, 0.3) is 0 Å². The van der Waals surface area contributed by atoms with Crippen LogP contribution in [0.1, 0.15) is 39.0 Å². The fourth-order valence-corrected chi connectivity index (χ4v) is 2.86. The average molecular weight is 182 g/mol. The Balaban J connectivity index is 1.90. The van der Waals surface area contributed by atoms with Gasteiger partial charge in [0, 0.05) is 12.1 Å². The number of nitrogens with one attached hydrogen (secondary N) is 1. The van der Waals surface area contributed by atoms with Gasteiger partial charge in [-0.15, -0.1) is 0 Å². The number of hydrogen-bond acceptors (Lipinski definition) is 2. The summed E-state index contributed by atoms with van der Waals surface area (Å²) >= 11 is 0. The lowest BCUT2D eigenvalue weighted by Gasteiger charge is -2.35. The van der Waals surface area contributed by atoms with Gasteiger partial charge in [0.1, 0.15) is 0 Å². The Morgan fingerprint density at radius 3 is 2.69 bits per heavy atom. The maximum absolute atomic E-state index is 3.61. The van der Waals surface area contributed by atoms with Crippen LogP contribution in [0, 0.1) is 0 Å². The smallest absolute Gasteiger partial charge is 0.0261 e. The first-order valence-electron chi connectivity index (χ1n) is 5.89. The normalized spacial score (nSPS) is 36.7. The fourth-order valence-electron chi connectivity index (χ4n) is 2.86. The summed E-state index contributed by atoms with van der Waals surface area (Å²) in [7, 11) is 0. The number of hydrogen-bond donors (Lipinski definition) is 1. The van der Waals surface area contributed by atoms with Crippen LogP contribution in [0.2, 0.25) is 0 Å². The zero-order valence-corrected chi connectivity index (χ0v) is 8.76. The van der Waals surface area contributed by atoms with E-state index in [1.807, 2.05) is 0 Å². The van der Waals surface area contributed by atoms with Gasteiger partial charge < -0.3 is 5.32 Å². The van der Waals surface area contributed by atoms with Gasteiger partial charge in [0.05, 0.1) is 0 Å². The molecule has 0 aromatic rings. The average Bonchev–Trinajstić information content (AvgIpc) is 2.67. The Morgan fingerprint density at radius 2 is 2.00 bits per heavy atom. The summed E-state index contributed by atoms with van der Waals surface area (Å²) in [6.45, 7) is 6.24. The molecule has 2 aliphatic heterocycles. The van der Waals surface area contributed by atoms with Crippen molar-refractivity contribution in [3.63, 3.8) is 0 Å². The molecule has 0 saturated carbocycles. The molecule has 2 rings (SSSR count). The van der Waals surface area contributed by atoms with Crippen LogP contribution >= 0.6 is 0 Å². The van der Waals surface area contributed by atoms with Crippen molar-refractivity contribution in [3.8, 4) is 0 Å². The highest BCUT2D eigenvalue weighted by molar-refractivity contribution is 4.90. The Bertz CT molecular complexity index is 152. The third kappa shape index (κ3) is 2.05. The highest BCUT2D eigenvalue weighted by Gasteiger charge is 2.30. The molecule has 2 nitrogen and oxygen atoms in total. The van der Waals surface area contributed by atoms with Crippen molar-refractivity contribution in [2.75, 3.05) is 19.6 Å². The molecule has 0 spiro atoms. The predicted octanol–water partition coefficient (Wildman–Crippen LogP) is 1.61. The second-order valence-corrected chi connectivity index (χ2v) is 4.42. The summed E-state index contributed by atoms with van der Waals surface area (Å²) < 4.78 is 0. The summed E-state index contributed by atoms with van der Waals surface area (Å²) in [5.74, 6) is 0. The Labute approximate surface area is 81.7 Å². The first kappa shape index (κ1) is 9.47. The fraction of sp³-hybridized carbons (Fsp3) is 1.00. The second-order valence-electron chi connectivity index (χ2n) is 4.42. The van der Waals surface area contributed by atoms with Gasteiger partial charge in [-0.3, -0.25) is 4.90 Å². The molecule has 0 radical (unpaired) electrons. The maximum atomic E-state index is 3.61. The van der Waals surface area contributed by atoms with E-state index >= 15 is 0 Å². The minimum Gasteiger partial charge on any atom is -0.312 e. The largest absolute Gasteiger partial charge is 0.312 e. The maximum Gasteiger partial charge on any atom is 0.0261 e. The summed E-state index contributed by atoms with van der Waals surface area (Å²) in [6.07, 6.45) is 6.97. The first-order valence-corrected chi connectivity index (χ1v) is 5.89. The standard InChI is InChI=1S/C11H22N2/c1-2-10-11(6-7-12-10)13-8-4-3-5-9-13/h10-12H,2-9H2,1H3/t10-,11-/m0/s1. The molecule has 0 aromatic carbocycles. The van der Waals surface area contributed by atoms with Crippen molar-refractivity contribution in [2.24, 2.45) is 0 Å². The van der Waals surface area contributed by atoms with Crippen LogP contribution in [0.15, 0.2) is 0 Å². The highest BCUT2D eigenvalue weighted by atomic mass is 15.2. The van der Waals surface area contributed by atoms with Gasteiger partial charge >= 0.3 is 0 Å². The monoisotopic (exact) mass is 182 g/mol. The first-order chi connectivity index (χ1) is 6.42. The number of likely N-dealkylation sites (tertiary alicyclic amines) is 1. The number of piperidine rings is 1. The SMILES string of the molecule is CC[C@@H]1NCC[C@@H]1N1CCCCC1. The van der Waals surface area contributed by atoms with E-state index in [9.17, 15) is 0 Å². The zero-order chi connectivity index (χ0) is 9.10. The molecule has 2 heteroatoms. The summed E-state index contributed by atoms with van der Waals surface area (Å²) in [4.78, 5) is 2.72. The lowest BCUT2D eigenvalue weighted by atomic mass is 10.0. The molecule has 2 aliphatic rings. The molecule has 76 valence electrons. The molecule has 0 amide bonds. The molecule has 2 saturated heterocycles. The van der Waals surface area contributed by atoms with E-state index in [0.717, 1.165) is 12.1 Å². The number of rotatable bonds is 2. The Kier molecular flexibility index (Phi) is 3.23. The predicted molar refractivity (Wildman–Crippen MR) is 55.9 cm³/mol.